The van der Waals surface area contributed by atoms with Crippen molar-refractivity contribution in [1.82, 2.24) is 34.3 Å². The molecule has 2 saturated heterocycles. The molecule has 0 aliphatic carbocycles. The van der Waals surface area contributed by atoms with Crippen molar-refractivity contribution in [3.05, 3.63) is 71.3 Å². The van der Waals surface area contributed by atoms with E-state index >= 15 is 0 Å². The lowest BCUT2D eigenvalue weighted by Gasteiger charge is -2.59. The Kier molecular flexibility index (Phi) is 5.80. The van der Waals surface area contributed by atoms with Gasteiger partial charge in [0.05, 0.1) is 18.1 Å². The molecule has 37 heavy (non-hydrogen) atoms. The number of benzene rings is 1. The SMILES string of the molecule is Cc1nc2c(F)cc(-c3cc(Cc4ncc(CN5CC6(CN(C)C6)C5)cn4)ncc3F)cc2n1C(C)C. The summed E-state index contributed by atoms with van der Waals surface area (Å²) in [6.45, 7) is 11.4. The number of pyridine rings is 1. The van der Waals surface area contributed by atoms with E-state index in [0.29, 0.717) is 45.5 Å². The number of hydrogen-bond donors (Lipinski definition) is 0. The highest BCUT2D eigenvalue weighted by molar-refractivity contribution is 5.83. The highest BCUT2D eigenvalue weighted by Gasteiger charge is 2.49. The molecule has 6 rings (SSSR count). The fraction of sp³-hybridized carbons (Fsp3) is 0.429. The lowest BCUT2D eigenvalue weighted by molar-refractivity contribution is -0.108. The standard InChI is InChI=1S/C28H31F2N7/c1-17(2)37-18(3)34-27-23(29)5-20(6-25(27)37)22-7-21(31-11-24(22)30)8-26-32-9-19(10-33-26)12-36-15-28(16-36)13-35(4)14-28/h5-7,9-11,17H,8,12-16H2,1-4H3. The predicted octanol–water partition coefficient (Wildman–Crippen LogP) is 4.39. The summed E-state index contributed by atoms with van der Waals surface area (Å²) in [6.07, 6.45) is 5.27. The van der Waals surface area contributed by atoms with Gasteiger partial charge in [0.2, 0.25) is 0 Å². The molecule has 0 atom stereocenters. The molecule has 9 heteroatoms. The van der Waals surface area contributed by atoms with Crippen molar-refractivity contribution >= 4 is 11.0 Å². The third-order valence-corrected chi connectivity index (χ3v) is 7.50. The first-order valence-corrected chi connectivity index (χ1v) is 12.7. The Hall–Kier alpha value is -3.30. The summed E-state index contributed by atoms with van der Waals surface area (Å²) in [7, 11) is 2.17. The number of hydrogen-bond acceptors (Lipinski definition) is 6. The molecule has 3 aromatic heterocycles. The highest BCUT2D eigenvalue weighted by Crippen LogP contribution is 2.39. The van der Waals surface area contributed by atoms with Gasteiger partial charge in [0.25, 0.3) is 0 Å². The summed E-state index contributed by atoms with van der Waals surface area (Å²) in [4.78, 5) is 22.5. The normalized spacial score (nSPS) is 17.5. The van der Waals surface area contributed by atoms with Crippen LogP contribution in [0.15, 0.2) is 36.8 Å². The highest BCUT2D eigenvalue weighted by atomic mass is 19.1. The first kappa shape index (κ1) is 24.1. The topological polar surface area (TPSA) is 63.0 Å². The third-order valence-electron chi connectivity index (χ3n) is 7.50. The number of rotatable bonds is 6. The molecular formula is C28H31F2N7. The van der Waals surface area contributed by atoms with E-state index in [1.807, 2.05) is 37.7 Å². The minimum absolute atomic E-state index is 0.0970. The summed E-state index contributed by atoms with van der Waals surface area (Å²) in [5.41, 5.74) is 3.90. The maximum atomic E-state index is 15.0. The van der Waals surface area contributed by atoms with Crippen molar-refractivity contribution in [3.63, 3.8) is 0 Å². The van der Waals surface area contributed by atoms with Gasteiger partial charge in [-0.2, -0.15) is 0 Å². The van der Waals surface area contributed by atoms with Gasteiger partial charge >= 0.3 is 0 Å². The maximum Gasteiger partial charge on any atom is 0.151 e. The zero-order valence-corrected chi connectivity index (χ0v) is 21.7. The van der Waals surface area contributed by atoms with Crippen molar-refractivity contribution in [2.75, 3.05) is 33.2 Å². The largest absolute Gasteiger partial charge is 0.326 e. The van der Waals surface area contributed by atoms with Crippen LogP contribution in [-0.4, -0.2) is 67.5 Å². The second-order valence-electron chi connectivity index (χ2n) is 11.1. The molecule has 0 N–H and O–H groups in total. The van der Waals surface area contributed by atoms with Crippen molar-refractivity contribution in [1.29, 1.82) is 0 Å². The van der Waals surface area contributed by atoms with Crippen LogP contribution in [0.1, 0.15) is 42.8 Å². The summed E-state index contributed by atoms with van der Waals surface area (Å²) in [5, 5.41) is 0. The van der Waals surface area contributed by atoms with Crippen LogP contribution >= 0.6 is 0 Å². The second-order valence-corrected chi connectivity index (χ2v) is 11.1. The van der Waals surface area contributed by atoms with E-state index in [1.54, 1.807) is 12.1 Å². The molecule has 2 aliphatic rings. The average molecular weight is 504 g/mol. The number of nitrogens with zero attached hydrogens (tertiary/aromatic N) is 7. The van der Waals surface area contributed by atoms with Crippen LogP contribution in [0, 0.1) is 24.0 Å². The third kappa shape index (κ3) is 4.40. The van der Waals surface area contributed by atoms with Gasteiger partial charge in [-0.15, -0.1) is 0 Å². The molecule has 1 aromatic carbocycles. The smallest absolute Gasteiger partial charge is 0.151 e. The quantitative estimate of drug-likeness (QED) is 0.389. The summed E-state index contributed by atoms with van der Waals surface area (Å²) in [6, 6.07) is 4.90. The van der Waals surface area contributed by atoms with E-state index in [2.05, 4.69) is 36.8 Å². The van der Waals surface area contributed by atoms with Gasteiger partial charge < -0.3 is 9.47 Å². The van der Waals surface area contributed by atoms with Gasteiger partial charge in [0.15, 0.2) is 5.82 Å². The van der Waals surface area contributed by atoms with Crippen LogP contribution in [0.5, 0.6) is 0 Å². The van der Waals surface area contributed by atoms with Crippen LogP contribution in [0.4, 0.5) is 8.78 Å². The van der Waals surface area contributed by atoms with Crippen LogP contribution < -0.4 is 0 Å². The van der Waals surface area contributed by atoms with Crippen LogP contribution in [0.2, 0.25) is 0 Å². The summed E-state index contributed by atoms with van der Waals surface area (Å²) in [5.74, 6) is 0.367. The second kappa shape index (κ2) is 8.92. The number of aromatic nitrogens is 5. The van der Waals surface area contributed by atoms with Gasteiger partial charge in [-0.25, -0.2) is 23.7 Å². The molecule has 2 aliphatic heterocycles. The van der Waals surface area contributed by atoms with E-state index in [4.69, 9.17) is 0 Å². The molecule has 0 bridgehead atoms. The monoisotopic (exact) mass is 503 g/mol. The first-order valence-electron chi connectivity index (χ1n) is 12.7. The zero-order chi connectivity index (χ0) is 25.9. The Balaban J connectivity index is 1.20. The predicted molar refractivity (Wildman–Crippen MR) is 138 cm³/mol. The van der Waals surface area contributed by atoms with E-state index in [1.165, 1.54) is 25.4 Å². The van der Waals surface area contributed by atoms with E-state index in [9.17, 15) is 8.78 Å². The van der Waals surface area contributed by atoms with Crippen molar-refractivity contribution < 1.29 is 8.78 Å². The van der Waals surface area contributed by atoms with Gasteiger partial charge in [-0.05, 0) is 51.6 Å². The Morgan fingerprint density at radius 2 is 1.68 bits per heavy atom. The minimum Gasteiger partial charge on any atom is -0.326 e. The zero-order valence-electron chi connectivity index (χ0n) is 21.7. The molecule has 0 saturated carbocycles. The average Bonchev–Trinajstić information content (AvgIpc) is 3.16. The molecule has 0 amide bonds. The molecule has 0 unspecified atom stereocenters. The van der Waals surface area contributed by atoms with Crippen molar-refractivity contribution in [2.24, 2.45) is 5.41 Å². The summed E-state index contributed by atoms with van der Waals surface area (Å²) < 4.78 is 31.8. The lowest BCUT2D eigenvalue weighted by Crippen LogP contribution is -2.70. The Morgan fingerprint density at radius 3 is 2.35 bits per heavy atom. The number of aryl methyl sites for hydroxylation is 1. The fourth-order valence-corrected chi connectivity index (χ4v) is 6.16. The molecule has 4 aromatic rings. The minimum atomic E-state index is -0.504. The Labute approximate surface area is 215 Å². The molecule has 5 heterocycles. The molecule has 7 nitrogen and oxygen atoms in total. The number of halogens is 2. The fourth-order valence-electron chi connectivity index (χ4n) is 6.16. The first-order chi connectivity index (χ1) is 17.7. The van der Waals surface area contributed by atoms with E-state index < -0.39 is 11.6 Å². The van der Waals surface area contributed by atoms with Crippen molar-refractivity contribution in [3.8, 4) is 11.1 Å². The molecular weight excluding hydrogens is 472 g/mol. The maximum absolute atomic E-state index is 15.0. The molecule has 1 spiro atoms. The van der Waals surface area contributed by atoms with E-state index in [-0.39, 0.29) is 6.04 Å². The Bertz CT molecular complexity index is 1460. The van der Waals surface area contributed by atoms with Crippen LogP contribution in [-0.2, 0) is 13.0 Å². The van der Waals surface area contributed by atoms with Gasteiger partial charge in [-0.1, -0.05) is 0 Å². The summed E-state index contributed by atoms with van der Waals surface area (Å²) >= 11 is 0. The number of likely N-dealkylation sites (tertiary alicyclic amines) is 2. The van der Waals surface area contributed by atoms with Gasteiger partial charge in [0.1, 0.15) is 23.0 Å². The van der Waals surface area contributed by atoms with E-state index in [0.717, 1.165) is 31.0 Å². The molecule has 2 fully saturated rings. The van der Waals surface area contributed by atoms with Gasteiger partial charge in [-0.3, -0.25) is 9.88 Å². The number of fused-ring (bicyclic) bond motifs is 1. The molecule has 0 radical (unpaired) electrons. The molecule has 192 valence electrons. The lowest BCUT2D eigenvalue weighted by atomic mass is 9.73. The Morgan fingerprint density at radius 1 is 0.946 bits per heavy atom. The van der Waals surface area contributed by atoms with Crippen molar-refractivity contribution in [2.45, 2.75) is 39.8 Å². The van der Waals surface area contributed by atoms with Crippen LogP contribution in [0.3, 0.4) is 0 Å². The van der Waals surface area contributed by atoms with Gasteiger partial charge in [0, 0.05) is 73.4 Å². The number of imidazole rings is 1. The van der Waals surface area contributed by atoms with Crippen LogP contribution in [0.25, 0.3) is 22.2 Å².